The molecule has 0 unspecified atom stereocenters. The van der Waals surface area contributed by atoms with Gasteiger partial charge in [0.25, 0.3) is 0 Å². The van der Waals surface area contributed by atoms with Crippen molar-refractivity contribution in [2.45, 2.75) is 6.61 Å². The van der Waals surface area contributed by atoms with Crippen LogP contribution in [0.3, 0.4) is 0 Å². The minimum atomic E-state index is 0.0225. The molecule has 0 aliphatic heterocycles. The average molecular weight is 227 g/mol. The molecule has 0 saturated heterocycles. The van der Waals surface area contributed by atoms with Gasteiger partial charge >= 0.3 is 0 Å². The van der Waals surface area contributed by atoms with Gasteiger partial charge in [0.1, 0.15) is 0 Å². The van der Waals surface area contributed by atoms with Gasteiger partial charge in [0.2, 0.25) is 0 Å². The number of rotatable bonds is 1. The van der Waals surface area contributed by atoms with Crippen LogP contribution in [0.2, 0.25) is 0 Å². The predicted molar refractivity (Wildman–Crippen MR) is 49.7 cm³/mol. The van der Waals surface area contributed by atoms with E-state index < -0.39 is 0 Å². The molecule has 2 N–H and O–H groups in total. The summed E-state index contributed by atoms with van der Waals surface area (Å²) in [5, 5.41) is 8.98. The Labute approximate surface area is 77.6 Å². The SMILES string of the molecule is OCc1ccc(Br)c2[nH]cnc12. The molecule has 0 radical (unpaired) electrons. The molecule has 0 amide bonds. The fraction of sp³-hybridized carbons (Fsp3) is 0.125. The third-order valence-electron chi connectivity index (χ3n) is 1.78. The maximum absolute atomic E-state index is 8.98. The smallest absolute Gasteiger partial charge is 0.0949 e. The number of aliphatic hydroxyl groups is 1. The van der Waals surface area contributed by atoms with Crippen molar-refractivity contribution in [2.24, 2.45) is 0 Å². The van der Waals surface area contributed by atoms with Crippen molar-refractivity contribution >= 4 is 27.0 Å². The summed E-state index contributed by atoms with van der Waals surface area (Å²) in [6.07, 6.45) is 1.62. The summed E-state index contributed by atoms with van der Waals surface area (Å²) in [5.74, 6) is 0. The van der Waals surface area contributed by atoms with E-state index in [9.17, 15) is 0 Å². The lowest BCUT2D eigenvalue weighted by molar-refractivity contribution is 0.283. The average Bonchev–Trinajstić information content (AvgIpc) is 2.54. The zero-order chi connectivity index (χ0) is 8.55. The third kappa shape index (κ3) is 1.04. The van der Waals surface area contributed by atoms with Crippen molar-refractivity contribution in [3.8, 4) is 0 Å². The highest BCUT2D eigenvalue weighted by Gasteiger charge is 2.04. The molecule has 0 bridgehead atoms. The second-order valence-corrected chi connectivity index (χ2v) is 3.35. The van der Waals surface area contributed by atoms with Gasteiger partial charge in [-0.25, -0.2) is 4.98 Å². The number of H-pyrrole nitrogens is 1. The Morgan fingerprint density at radius 3 is 3.08 bits per heavy atom. The molecular formula is C8H7BrN2O. The highest BCUT2D eigenvalue weighted by Crippen LogP contribution is 2.23. The van der Waals surface area contributed by atoms with Crippen LogP contribution >= 0.6 is 15.9 Å². The molecular weight excluding hydrogens is 220 g/mol. The fourth-order valence-corrected chi connectivity index (χ4v) is 1.62. The van der Waals surface area contributed by atoms with Crippen LogP contribution in [0.15, 0.2) is 22.9 Å². The van der Waals surface area contributed by atoms with Crippen LogP contribution in [0, 0.1) is 0 Å². The lowest BCUT2D eigenvalue weighted by Gasteiger charge is -1.98. The van der Waals surface area contributed by atoms with Crippen LogP contribution in [0.5, 0.6) is 0 Å². The largest absolute Gasteiger partial charge is 0.392 e. The molecule has 4 heteroatoms. The Kier molecular flexibility index (Phi) is 1.86. The molecule has 12 heavy (non-hydrogen) atoms. The molecule has 0 aliphatic carbocycles. The van der Waals surface area contributed by atoms with E-state index in [1.807, 2.05) is 12.1 Å². The van der Waals surface area contributed by atoms with Crippen molar-refractivity contribution < 1.29 is 5.11 Å². The number of aliphatic hydroxyl groups excluding tert-OH is 1. The van der Waals surface area contributed by atoms with Crippen molar-refractivity contribution in [1.82, 2.24) is 9.97 Å². The predicted octanol–water partition coefficient (Wildman–Crippen LogP) is 1.82. The van der Waals surface area contributed by atoms with Crippen molar-refractivity contribution in [1.29, 1.82) is 0 Å². The topological polar surface area (TPSA) is 48.9 Å². The van der Waals surface area contributed by atoms with E-state index in [4.69, 9.17) is 5.11 Å². The molecule has 1 aromatic heterocycles. The summed E-state index contributed by atoms with van der Waals surface area (Å²) in [5.41, 5.74) is 2.60. The first-order valence-electron chi connectivity index (χ1n) is 3.54. The number of benzene rings is 1. The summed E-state index contributed by atoms with van der Waals surface area (Å²) in [6.45, 7) is 0.0225. The standard InChI is InChI=1S/C8H7BrN2O/c9-6-2-1-5(3-12)7-8(6)11-4-10-7/h1-2,4,12H,3H2,(H,10,11). The normalized spacial score (nSPS) is 10.8. The summed E-state index contributed by atoms with van der Waals surface area (Å²) in [6, 6.07) is 3.75. The minimum Gasteiger partial charge on any atom is -0.392 e. The fourth-order valence-electron chi connectivity index (χ4n) is 1.18. The number of halogens is 1. The molecule has 3 nitrogen and oxygen atoms in total. The van der Waals surface area contributed by atoms with Gasteiger partial charge in [0, 0.05) is 10.0 Å². The van der Waals surface area contributed by atoms with Gasteiger partial charge in [-0.05, 0) is 22.0 Å². The van der Waals surface area contributed by atoms with Crippen LogP contribution in [-0.4, -0.2) is 15.1 Å². The Hall–Kier alpha value is -0.870. The first kappa shape index (κ1) is 7.76. The maximum atomic E-state index is 8.98. The molecule has 0 saturated carbocycles. The number of imidazole rings is 1. The molecule has 1 heterocycles. The van der Waals surface area contributed by atoms with Crippen molar-refractivity contribution in [2.75, 3.05) is 0 Å². The summed E-state index contributed by atoms with van der Waals surface area (Å²) >= 11 is 3.39. The Morgan fingerprint density at radius 2 is 2.33 bits per heavy atom. The van der Waals surface area contributed by atoms with Gasteiger partial charge in [-0.3, -0.25) is 0 Å². The molecule has 0 atom stereocenters. The zero-order valence-electron chi connectivity index (χ0n) is 6.21. The van der Waals surface area contributed by atoms with E-state index in [2.05, 4.69) is 25.9 Å². The first-order valence-corrected chi connectivity index (χ1v) is 4.33. The summed E-state index contributed by atoms with van der Waals surface area (Å²) < 4.78 is 0.965. The minimum absolute atomic E-state index is 0.0225. The van der Waals surface area contributed by atoms with E-state index in [-0.39, 0.29) is 6.61 Å². The number of hydrogen-bond acceptors (Lipinski definition) is 2. The Balaban J connectivity index is 2.82. The number of fused-ring (bicyclic) bond motifs is 1. The highest BCUT2D eigenvalue weighted by molar-refractivity contribution is 9.10. The molecule has 2 aromatic rings. The Bertz CT molecular complexity index is 410. The number of nitrogens with zero attached hydrogens (tertiary/aromatic N) is 1. The van der Waals surface area contributed by atoms with Crippen LogP contribution < -0.4 is 0 Å². The number of hydrogen-bond donors (Lipinski definition) is 2. The van der Waals surface area contributed by atoms with E-state index in [1.54, 1.807) is 6.33 Å². The van der Waals surface area contributed by atoms with Crippen molar-refractivity contribution in [3.63, 3.8) is 0 Å². The number of aromatic amines is 1. The van der Waals surface area contributed by atoms with Crippen molar-refractivity contribution in [3.05, 3.63) is 28.5 Å². The van der Waals surface area contributed by atoms with Gasteiger partial charge in [0.15, 0.2) is 0 Å². The molecule has 2 rings (SSSR count). The molecule has 0 aliphatic rings. The third-order valence-corrected chi connectivity index (χ3v) is 2.44. The van der Waals surface area contributed by atoms with Gasteiger partial charge in [-0.2, -0.15) is 0 Å². The first-order chi connectivity index (χ1) is 5.83. The number of aromatic nitrogens is 2. The van der Waals surface area contributed by atoms with Crippen LogP contribution in [-0.2, 0) is 6.61 Å². The van der Waals surface area contributed by atoms with E-state index in [0.717, 1.165) is 21.1 Å². The molecule has 0 spiro atoms. The molecule has 1 aromatic carbocycles. The van der Waals surface area contributed by atoms with Gasteiger partial charge < -0.3 is 10.1 Å². The summed E-state index contributed by atoms with van der Waals surface area (Å²) in [4.78, 5) is 7.10. The van der Waals surface area contributed by atoms with Crippen LogP contribution in [0.4, 0.5) is 0 Å². The van der Waals surface area contributed by atoms with E-state index in [0.29, 0.717) is 0 Å². The lowest BCUT2D eigenvalue weighted by Crippen LogP contribution is -1.85. The maximum Gasteiger partial charge on any atom is 0.0949 e. The number of nitrogens with one attached hydrogen (secondary N) is 1. The lowest BCUT2D eigenvalue weighted by atomic mass is 10.2. The monoisotopic (exact) mass is 226 g/mol. The quantitative estimate of drug-likeness (QED) is 0.780. The molecule has 62 valence electrons. The zero-order valence-corrected chi connectivity index (χ0v) is 7.80. The van der Waals surface area contributed by atoms with Gasteiger partial charge in [0.05, 0.1) is 24.0 Å². The molecule has 0 fully saturated rings. The highest BCUT2D eigenvalue weighted by atomic mass is 79.9. The van der Waals surface area contributed by atoms with E-state index in [1.165, 1.54) is 0 Å². The van der Waals surface area contributed by atoms with Gasteiger partial charge in [-0.15, -0.1) is 0 Å². The second-order valence-electron chi connectivity index (χ2n) is 2.49. The van der Waals surface area contributed by atoms with Crippen LogP contribution in [0.1, 0.15) is 5.56 Å². The van der Waals surface area contributed by atoms with E-state index >= 15 is 0 Å². The second kappa shape index (κ2) is 2.88. The summed E-state index contributed by atoms with van der Waals surface area (Å²) in [7, 11) is 0. The van der Waals surface area contributed by atoms with Gasteiger partial charge in [-0.1, -0.05) is 6.07 Å². The Morgan fingerprint density at radius 1 is 1.50 bits per heavy atom. The van der Waals surface area contributed by atoms with Crippen LogP contribution in [0.25, 0.3) is 11.0 Å².